The van der Waals surface area contributed by atoms with Gasteiger partial charge in [-0.2, -0.15) is 0 Å². The maximum absolute atomic E-state index is 5.99. The third-order valence-corrected chi connectivity index (χ3v) is 4.84. The Morgan fingerprint density at radius 1 is 1.21 bits per heavy atom. The topological polar surface area (TPSA) is 80.3 Å². The summed E-state index contributed by atoms with van der Waals surface area (Å²) in [4.78, 5) is 4.76. The van der Waals surface area contributed by atoms with Crippen LogP contribution in [-0.4, -0.2) is 33.3 Å². The van der Waals surface area contributed by atoms with Crippen molar-refractivity contribution in [2.45, 2.75) is 59.2 Å². The molecule has 0 bridgehead atoms. The highest BCUT2D eigenvalue weighted by Crippen LogP contribution is 2.23. The van der Waals surface area contributed by atoms with Crippen LogP contribution < -0.4 is 10.6 Å². The van der Waals surface area contributed by atoms with Gasteiger partial charge in [0.1, 0.15) is 23.5 Å². The SMILES string of the molecule is CCc1nncn1CCN=C(NC(C)CC)NC(C)c1cc2ccccc2o1. The number of aliphatic imine (C=N–C) groups is 1. The molecule has 0 spiro atoms. The van der Waals surface area contributed by atoms with Gasteiger partial charge in [0, 0.05) is 24.4 Å². The number of benzene rings is 1. The second-order valence-electron chi connectivity index (χ2n) is 7.03. The quantitative estimate of drug-likeness (QED) is 0.459. The molecule has 3 aromatic rings. The van der Waals surface area contributed by atoms with Crippen LogP contribution in [0.3, 0.4) is 0 Å². The van der Waals surface area contributed by atoms with Gasteiger partial charge in [-0.05, 0) is 32.4 Å². The number of nitrogens with one attached hydrogen (secondary N) is 2. The normalized spacial score (nSPS) is 14.2. The van der Waals surface area contributed by atoms with E-state index in [1.54, 1.807) is 6.33 Å². The molecule has 0 amide bonds. The predicted molar refractivity (Wildman–Crippen MR) is 112 cm³/mol. The minimum atomic E-state index is 0.00354. The minimum absolute atomic E-state index is 0.00354. The van der Waals surface area contributed by atoms with E-state index in [2.05, 4.69) is 60.7 Å². The predicted octanol–water partition coefficient (Wildman–Crippen LogP) is 3.68. The third kappa shape index (κ3) is 4.91. The van der Waals surface area contributed by atoms with E-state index in [1.807, 2.05) is 22.8 Å². The molecular weight excluding hydrogens is 352 g/mol. The third-order valence-electron chi connectivity index (χ3n) is 4.84. The summed E-state index contributed by atoms with van der Waals surface area (Å²) < 4.78 is 8.04. The second kappa shape index (κ2) is 9.39. The van der Waals surface area contributed by atoms with Crippen LogP contribution in [0.1, 0.15) is 51.7 Å². The van der Waals surface area contributed by atoms with Gasteiger partial charge < -0.3 is 19.6 Å². The van der Waals surface area contributed by atoms with Crippen molar-refractivity contribution in [1.29, 1.82) is 0 Å². The van der Waals surface area contributed by atoms with Crippen molar-refractivity contribution >= 4 is 16.9 Å². The van der Waals surface area contributed by atoms with E-state index >= 15 is 0 Å². The molecular formula is C21H30N6O. The minimum Gasteiger partial charge on any atom is -0.459 e. The first-order chi connectivity index (χ1) is 13.6. The molecule has 7 nitrogen and oxygen atoms in total. The Balaban J connectivity index is 1.69. The number of fused-ring (bicyclic) bond motifs is 1. The highest BCUT2D eigenvalue weighted by molar-refractivity contribution is 5.81. The van der Waals surface area contributed by atoms with E-state index in [0.29, 0.717) is 12.6 Å². The largest absolute Gasteiger partial charge is 0.459 e. The first-order valence-electron chi connectivity index (χ1n) is 10.0. The summed E-state index contributed by atoms with van der Waals surface area (Å²) in [6.07, 6.45) is 3.65. The van der Waals surface area contributed by atoms with Crippen molar-refractivity contribution in [2.75, 3.05) is 6.54 Å². The van der Waals surface area contributed by atoms with E-state index in [1.165, 1.54) is 0 Å². The summed E-state index contributed by atoms with van der Waals surface area (Å²) in [7, 11) is 0. The van der Waals surface area contributed by atoms with Gasteiger partial charge in [0.05, 0.1) is 12.6 Å². The zero-order chi connectivity index (χ0) is 19.9. The number of para-hydroxylation sites is 1. The summed E-state index contributed by atoms with van der Waals surface area (Å²) in [5.74, 6) is 2.66. The van der Waals surface area contributed by atoms with Gasteiger partial charge in [-0.3, -0.25) is 4.99 Å². The lowest BCUT2D eigenvalue weighted by Gasteiger charge is -2.20. The molecule has 2 heterocycles. The number of rotatable bonds is 8. The molecule has 0 aliphatic heterocycles. The van der Waals surface area contributed by atoms with E-state index in [4.69, 9.17) is 9.41 Å². The van der Waals surface area contributed by atoms with Gasteiger partial charge in [0.15, 0.2) is 5.96 Å². The van der Waals surface area contributed by atoms with Crippen LogP contribution in [0.15, 0.2) is 46.1 Å². The molecule has 2 atom stereocenters. The van der Waals surface area contributed by atoms with Gasteiger partial charge in [0.25, 0.3) is 0 Å². The fourth-order valence-electron chi connectivity index (χ4n) is 2.97. The smallest absolute Gasteiger partial charge is 0.192 e. The summed E-state index contributed by atoms with van der Waals surface area (Å²) in [5, 5.41) is 16.2. The van der Waals surface area contributed by atoms with Crippen molar-refractivity contribution in [3.63, 3.8) is 0 Å². The van der Waals surface area contributed by atoms with E-state index in [0.717, 1.165) is 47.9 Å². The Morgan fingerprint density at radius 2 is 2.04 bits per heavy atom. The van der Waals surface area contributed by atoms with E-state index < -0.39 is 0 Å². The van der Waals surface area contributed by atoms with Gasteiger partial charge in [-0.25, -0.2) is 0 Å². The molecule has 150 valence electrons. The van der Waals surface area contributed by atoms with Crippen molar-refractivity contribution in [1.82, 2.24) is 25.4 Å². The molecule has 0 radical (unpaired) electrons. The average molecular weight is 383 g/mol. The van der Waals surface area contributed by atoms with Gasteiger partial charge in [-0.15, -0.1) is 10.2 Å². The average Bonchev–Trinajstić information content (AvgIpc) is 3.34. The van der Waals surface area contributed by atoms with Crippen molar-refractivity contribution < 1.29 is 4.42 Å². The summed E-state index contributed by atoms with van der Waals surface area (Å²) >= 11 is 0. The first-order valence-corrected chi connectivity index (χ1v) is 10.0. The molecule has 0 aliphatic rings. The Hall–Kier alpha value is -2.83. The summed E-state index contributed by atoms with van der Waals surface area (Å²) in [6, 6.07) is 10.5. The Kier molecular flexibility index (Phi) is 6.68. The van der Waals surface area contributed by atoms with Crippen LogP contribution in [0.4, 0.5) is 0 Å². The number of aromatic nitrogens is 3. The fourth-order valence-corrected chi connectivity index (χ4v) is 2.97. The van der Waals surface area contributed by atoms with Crippen molar-refractivity contribution in [3.8, 4) is 0 Å². The molecule has 0 saturated carbocycles. The maximum Gasteiger partial charge on any atom is 0.192 e. The Bertz CT molecular complexity index is 879. The van der Waals surface area contributed by atoms with Gasteiger partial charge in [-0.1, -0.05) is 32.0 Å². The molecule has 0 fully saturated rings. The molecule has 2 N–H and O–H groups in total. The maximum atomic E-state index is 5.99. The second-order valence-corrected chi connectivity index (χ2v) is 7.03. The first kappa shape index (κ1) is 19.9. The fraction of sp³-hybridized carbons (Fsp3) is 0.476. The van der Waals surface area contributed by atoms with Crippen LogP contribution in [0.2, 0.25) is 0 Å². The molecule has 2 unspecified atom stereocenters. The number of hydrogen-bond acceptors (Lipinski definition) is 4. The molecule has 0 aliphatic carbocycles. The molecule has 0 saturated heterocycles. The Morgan fingerprint density at radius 3 is 2.79 bits per heavy atom. The van der Waals surface area contributed by atoms with Crippen LogP contribution in [0, 0.1) is 0 Å². The molecule has 3 rings (SSSR count). The highest BCUT2D eigenvalue weighted by Gasteiger charge is 2.14. The monoisotopic (exact) mass is 382 g/mol. The standard InChI is InChI=1S/C21H30N6O/c1-5-15(3)24-21(22-11-12-27-14-23-26-20(27)6-2)25-16(4)19-13-17-9-7-8-10-18(17)28-19/h7-10,13-16H,5-6,11-12H2,1-4H3,(H2,22,24,25). The van der Waals surface area contributed by atoms with Crippen molar-refractivity contribution in [3.05, 3.63) is 48.2 Å². The lowest BCUT2D eigenvalue weighted by molar-refractivity contribution is 0.484. The van der Waals surface area contributed by atoms with Crippen LogP contribution in [0.5, 0.6) is 0 Å². The van der Waals surface area contributed by atoms with Crippen molar-refractivity contribution in [2.24, 2.45) is 4.99 Å². The molecule has 7 heteroatoms. The van der Waals surface area contributed by atoms with E-state index in [-0.39, 0.29) is 6.04 Å². The van der Waals surface area contributed by atoms with Crippen LogP contribution in [-0.2, 0) is 13.0 Å². The zero-order valence-electron chi connectivity index (χ0n) is 17.1. The summed E-state index contributed by atoms with van der Waals surface area (Å²) in [6.45, 7) is 9.86. The summed E-state index contributed by atoms with van der Waals surface area (Å²) in [5.41, 5.74) is 0.902. The highest BCUT2D eigenvalue weighted by atomic mass is 16.3. The van der Waals surface area contributed by atoms with Gasteiger partial charge >= 0.3 is 0 Å². The lowest BCUT2D eigenvalue weighted by atomic mass is 10.2. The molecule has 1 aromatic carbocycles. The zero-order valence-corrected chi connectivity index (χ0v) is 17.1. The molecule has 2 aromatic heterocycles. The number of furan rings is 1. The molecule has 28 heavy (non-hydrogen) atoms. The Labute approximate surface area is 166 Å². The van der Waals surface area contributed by atoms with Crippen LogP contribution in [0.25, 0.3) is 11.0 Å². The number of guanidine groups is 1. The number of aryl methyl sites for hydroxylation is 1. The number of hydrogen-bond donors (Lipinski definition) is 2. The lowest BCUT2D eigenvalue weighted by Crippen LogP contribution is -2.43. The van der Waals surface area contributed by atoms with Crippen LogP contribution >= 0.6 is 0 Å². The van der Waals surface area contributed by atoms with Gasteiger partial charge in [0.2, 0.25) is 0 Å². The van der Waals surface area contributed by atoms with E-state index in [9.17, 15) is 0 Å². The number of nitrogens with zero attached hydrogens (tertiary/aromatic N) is 4.